The highest BCUT2D eigenvalue weighted by molar-refractivity contribution is 5.93. The zero-order valence-electron chi connectivity index (χ0n) is 14.3. The highest BCUT2D eigenvalue weighted by atomic mass is 16.6. The first-order valence-electron chi connectivity index (χ1n) is 8.17. The van der Waals surface area contributed by atoms with Gasteiger partial charge >= 0.3 is 5.97 Å². The van der Waals surface area contributed by atoms with E-state index in [1.165, 1.54) is 0 Å². The van der Waals surface area contributed by atoms with Gasteiger partial charge in [-0.15, -0.1) is 0 Å². The molecular weight excluding hydrogens is 354 g/mol. The van der Waals surface area contributed by atoms with Crippen LogP contribution in [0.3, 0.4) is 0 Å². The zero-order chi connectivity index (χ0) is 19.1. The van der Waals surface area contributed by atoms with Gasteiger partial charge in [0.25, 0.3) is 5.91 Å². The van der Waals surface area contributed by atoms with Crippen LogP contribution in [0.4, 0.5) is 5.69 Å². The van der Waals surface area contributed by atoms with Gasteiger partial charge in [0.1, 0.15) is 25.2 Å². The summed E-state index contributed by atoms with van der Waals surface area (Å²) in [5.74, 6) is 0.398. The SMILES string of the molecule is O=Cc1ccc(OCC(=O)OCC(=O)Nc2ccc3c(c2)OCCO3)cc1. The fourth-order valence-corrected chi connectivity index (χ4v) is 2.29. The van der Waals surface area contributed by atoms with Crippen molar-refractivity contribution >= 4 is 23.9 Å². The van der Waals surface area contributed by atoms with Gasteiger partial charge in [0.05, 0.1) is 0 Å². The molecule has 0 radical (unpaired) electrons. The number of benzene rings is 2. The van der Waals surface area contributed by atoms with Crippen molar-refractivity contribution in [1.82, 2.24) is 0 Å². The summed E-state index contributed by atoms with van der Waals surface area (Å²) >= 11 is 0. The molecule has 0 unspecified atom stereocenters. The Hall–Kier alpha value is -3.55. The van der Waals surface area contributed by atoms with Gasteiger partial charge < -0.3 is 24.3 Å². The summed E-state index contributed by atoms with van der Waals surface area (Å²) in [7, 11) is 0. The Morgan fingerprint density at radius 3 is 2.48 bits per heavy atom. The molecule has 0 fully saturated rings. The predicted octanol–water partition coefficient (Wildman–Crippen LogP) is 1.83. The second kappa shape index (κ2) is 8.70. The third-order valence-electron chi connectivity index (χ3n) is 3.56. The molecule has 0 saturated carbocycles. The van der Waals surface area contributed by atoms with E-state index in [0.717, 1.165) is 0 Å². The number of hydrogen-bond acceptors (Lipinski definition) is 7. The molecule has 3 rings (SSSR count). The van der Waals surface area contributed by atoms with Crippen molar-refractivity contribution in [3.63, 3.8) is 0 Å². The molecule has 1 amide bonds. The number of ether oxygens (including phenoxy) is 4. The molecule has 0 aliphatic carbocycles. The number of nitrogens with one attached hydrogen (secondary N) is 1. The second-order valence-electron chi connectivity index (χ2n) is 5.54. The van der Waals surface area contributed by atoms with E-state index in [-0.39, 0.29) is 6.61 Å². The van der Waals surface area contributed by atoms with Crippen molar-refractivity contribution in [2.45, 2.75) is 0 Å². The average Bonchev–Trinajstić information content (AvgIpc) is 2.71. The minimum absolute atomic E-state index is 0.349. The maximum absolute atomic E-state index is 11.9. The summed E-state index contributed by atoms with van der Waals surface area (Å²) < 4.78 is 20.9. The molecule has 0 aromatic heterocycles. The molecule has 0 bridgehead atoms. The number of amides is 1. The van der Waals surface area contributed by atoms with Gasteiger partial charge in [-0.3, -0.25) is 9.59 Å². The molecule has 1 heterocycles. The lowest BCUT2D eigenvalue weighted by molar-refractivity contribution is -0.149. The Balaban J connectivity index is 1.41. The van der Waals surface area contributed by atoms with Gasteiger partial charge in [-0.1, -0.05) is 0 Å². The fraction of sp³-hybridized carbons (Fsp3) is 0.211. The largest absolute Gasteiger partial charge is 0.486 e. The lowest BCUT2D eigenvalue weighted by atomic mass is 10.2. The lowest BCUT2D eigenvalue weighted by Gasteiger charge is -2.19. The molecule has 1 aliphatic heterocycles. The van der Waals surface area contributed by atoms with Crippen LogP contribution in [0.15, 0.2) is 42.5 Å². The van der Waals surface area contributed by atoms with Crippen LogP contribution in [0.25, 0.3) is 0 Å². The first kappa shape index (κ1) is 18.2. The van der Waals surface area contributed by atoms with E-state index in [2.05, 4.69) is 5.32 Å². The van der Waals surface area contributed by atoms with E-state index in [1.807, 2.05) is 0 Å². The van der Waals surface area contributed by atoms with E-state index in [4.69, 9.17) is 18.9 Å². The van der Waals surface area contributed by atoms with E-state index in [1.54, 1.807) is 42.5 Å². The van der Waals surface area contributed by atoms with Gasteiger partial charge in [-0.05, 0) is 36.4 Å². The molecule has 2 aromatic rings. The average molecular weight is 371 g/mol. The summed E-state index contributed by atoms with van der Waals surface area (Å²) in [5.41, 5.74) is 1.01. The molecular formula is C19H17NO7. The highest BCUT2D eigenvalue weighted by Crippen LogP contribution is 2.32. The molecule has 1 aliphatic rings. The van der Waals surface area contributed by atoms with Crippen LogP contribution in [0, 0.1) is 0 Å². The van der Waals surface area contributed by atoms with Crippen molar-refractivity contribution in [2.75, 3.05) is 31.7 Å². The van der Waals surface area contributed by atoms with Gasteiger partial charge in [-0.25, -0.2) is 4.79 Å². The Labute approximate surface area is 155 Å². The molecule has 1 N–H and O–H groups in total. The Morgan fingerprint density at radius 2 is 1.74 bits per heavy atom. The van der Waals surface area contributed by atoms with Gasteiger partial charge in [0.2, 0.25) is 0 Å². The summed E-state index contributed by atoms with van der Waals surface area (Å²) in [5, 5.41) is 2.61. The number of rotatable bonds is 7. The topological polar surface area (TPSA) is 100 Å². The third kappa shape index (κ3) is 5.21. The quantitative estimate of drug-likeness (QED) is 0.585. The first-order chi connectivity index (χ1) is 13.1. The van der Waals surface area contributed by atoms with Crippen molar-refractivity contribution in [1.29, 1.82) is 0 Å². The fourth-order valence-electron chi connectivity index (χ4n) is 2.29. The van der Waals surface area contributed by atoms with Crippen LogP contribution in [-0.2, 0) is 14.3 Å². The van der Waals surface area contributed by atoms with Crippen LogP contribution in [-0.4, -0.2) is 44.6 Å². The third-order valence-corrected chi connectivity index (χ3v) is 3.56. The number of carbonyl (C=O) groups is 3. The molecule has 27 heavy (non-hydrogen) atoms. The Morgan fingerprint density at radius 1 is 1.00 bits per heavy atom. The van der Waals surface area contributed by atoms with E-state index in [0.29, 0.717) is 48.0 Å². The molecule has 0 atom stereocenters. The van der Waals surface area contributed by atoms with Crippen LogP contribution < -0.4 is 19.5 Å². The van der Waals surface area contributed by atoms with Gasteiger partial charge in [0.15, 0.2) is 24.7 Å². The predicted molar refractivity (Wildman–Crippen MR) is 94.3 cm³/mol. The minimum Gasteiger partial charge on any atom is -0.486 e. The second-order valence-corrected chi connectivity index (χ2v) is 5.54. The van der Waals surface area contributed by atoms with E-state index < -0.39 is 18.5 Å². The summed E-state index contributed by atoms with van der Waals surface area (Å²) in [6.45, 7) is 0.135. The highest BCUT2D eigenvalue weighted by Gasteiger charge is 2.14. The van der Waals surface area contributed by atoms with Gasteiger partial charge in [-0.2, -0.15) is 0 Å². The number of aldehydes is 1. The van der Waals surface area contributed by atoms with Crippen LogP contribution >= 0.6 is 0 Å². The molecule has 8 heteroatoms. The smallest absolute Gasteiger partial charge is 0.344 e. The lowest BCUT2D eigenvalue weighted by Crippen LogP contribution is -2.23. The number of carbonyl (C=O) groups excluding carboxylic acids is 3. The maximum Gasteiger partial charge on any atom is 0.344 e. The number of anilines is 1. The van der Waals surface area contributed by atoms with Crippen molar-refractivity contribution in [3.05, 3.63) is 48.0 Å². The number of esters is 1. The van der Waals surface area contributed by atoms with Crippen LogP contribution in [0.2, 0.25) is 0 Å². The number of hydrogen-bond donors (Lipinski definition) is 1. The summed E-state index contributed by atoms with van der Waals surface area (Å²) in [6, 6.07) is 11.2. The van der Waals surface area contributed by atoms with Crippen molar-refractivity contribution in [2.24, 2.45) is 0 Å². The standard InChI is InChI=1S/C19H17NO7/c21-10-13-1-4-15(5-2-13)26-12-19(23)27-11-18(22)20-14-3-6-16-17(9-14)25-8-7-24-16/h1-6,9-10H,7-8,11-12H2,(H,20,22). The van der Waals surface area contributed by atoms with Crippen LogP contribution in [0.1, 0.15) is 10.4 Å². The van der Waals surface area contributed by atoms with Crippen molar-refractivity contribution in [3.8, 4) is 17.2 Å². The van der Waals surface area contributed by atoms with E-state index in [9.17, 15) is 14.4 Å². The van der Waals surface area contributed by atoms with Gasteiger partial charge in [0, 0.05) is 17.3 Å². The monoisotopic (exact) mass is 371 g/mol. The summed E-state index contributed by atoms with van der Waals surface area (Å²) in [6.07, 6.45) is 0.707. The van der Waals surface area contributed by atoms with Crippen LogP contribution in [0.5, 0.6) is 17.2 Å². The maximum atomic E-state index is 11.9. The Kier molecular flexibility index (Phi) is 5.88. The first-order valence-corrected chi connectivity index (χ1v) is 8.17. The normalized spacial score (nSPS) is 12.0. The minimum atomic E-state index is -0.688. The van der Waals surface area contributed by atoms with Crippen molar-refractivity contribution < 1.29 is 33.3 Å². The molecule has 0 spiro atoms. The number of fused-ring (bicyclic) bond motifs is 1. The molecule has 2 aromatic carbocycles. The molecule has 0 saturated heterocycles. The van der Waals surface area contributed by atoms with E-state index >= 15 is 0 Å². The molecule has 140 valence electrons. The Bertz CT molecular complexity index is 832. The molecule has 8 nitrogen and oxygen atoms in total. The zero-order valence-corrected chi connectivity index (χ0v) is 14.3. The summed E-state index contributed by atoms with van der Waals surface area (Å²) in [4.78, 5) is 34.1.